The molecular formula is C8H15N3. The second kappa shape index (κ2) is 4.55. The minimum absolute atomic E-state index is 0.731. The van der Waals surface area contributed by atoms with E-state index in [0.29, 0.717) is 0 Å². The molecule has 0 amide bonds. The van der Waals surface area contributed by atoms with Crippen LogP contribution in [0, 0.1) is 0 Å². The van der Waals surface area contributed by atoms with E-state index in [1.807, 2.05) is 13.8 Å². The average Bonchev–Trinajstić information content (AvgIpc) is 1.98. The third-order valence-electron chi connectivity index (χ3n) is 1.41. The van der Waals surface area contributed by atoms with E-state index in [1.54, 1.807) is 13.1 Å². The lowest BCUT2D eigenvalue weighted by Gasteiger charge is -2.02. The summed E-state index contributed by atoms with van der Waals surface area (Å²) in [5, 5.41) is 0. The van der Waals surface area contributed by atoms with Crippen molar-refractivity contribution in [3.63, 3.8) is 0 Å². The van der Waals surface area contributed by atoms with Gasteiger partial charge in [-0.1, -0.05) is 0 Å². The predicted molar refractivity (Wildman–Crippen MR) is 49.2 cm³/mol. The summed E-state index contributed by atoms with van der Waals surface area (Å²) in [7, 11) is 1.72. The van der Waals surface area contributed by atoms with Crippen molar-refractivity contribution in [2.45, 2.75) is 13.8 Å². The molecule has 0 fully saturated rings. The Kier molecular flexibility index (Phi) is 4.03. The standard InChI is InChI=1S/C8H15N3/c1-6(10)8(4-5-9)7(2)11-3/h4-5H,9-10H2,1-3H3/b5-4-,8-6?,11-7?. The molecule has 3 nitrogen and oxygen atoms in total. The topological polar surface area (TPSA) is 64.4 Å². The lowest BCUT2D eigenvalue weighted by atomic mass is 10.1. The second-order valence-corrected chi connectivity index (χ2v) is 2.26. The maximum absolute atomic E-state index is 5.59. The van der Waals surface area contributed by atoms with Crippen molar-refractivity contribution >= 4 is 5.71 Å². The molecule has 0 aromatic rings. The van der Waals surface area contributed by atoms with Gasteiger partial charge in [0, 0.05) is 24.0 Å². The van der Waals surface area contributed by atoms with Crippen LogP contribution in [0.25, 0.3) is 0 Å². The van der Waals surface area contributed by atoms with Crippen molar-refractivity contribution in [3.05, 3.63) is 23.5 Å². The van der Waals surface area contributed by atoms with Gasteiger partial charge in [-0.3, -0.25) is 4.99 Å². The van der Waals surface area contributed by atoms with E-state index >= 15 is 0 Å². The second-order valence-electron chi connectivity index (χ2n) is 2.26. The maximum Gasteiger partial charge on any atom is 0.0403 e. The number of allylic oxidation sites excluding steroid dienone is 3. The molecule has 0 spiro atoms. The third-order valence-corrected chi connectivity index (χ3v) is 1.41. The molecule has 0 aliphatic rings. The summed E-state index contributed by atoms with van der Waals surface area (Å²) in [4.78, 5) is 4.00. The lowest BCUT2D eigenvalue weighted by molar-refractivity contribution is 1.27. The summed E-state index contributed by atoms with van der Waals surface area (Å²) in [5.74, 6) is 0. The Bertz CT molecular complexity index is 207. The largest absolute Gasteiger partial charge is 0.405 e. The Labute approximate surface area is 67.5 Å². The fourth-order valence-corrected chi connectivity index (χ4v) is 0.754. The highest BCUT2D eigenvalue weighted by Gasteiger charge is 1.97. The van der Waals surface area contributed by atoms with Gasteiger partial charge in [0.25, 0.3) is 0 Å². The molecule has 62 valence electrons. The van der Waals surface area contributed by atoms with Crippen LogP contribution in [0.4, 0.5) is 0 Å². The molecular weight excluding hydrogens is 138 g/mol. The summed E-state index contributed by atoms with van der Waals surface area (Å²) in [6.07, 6.45) is 3.21. The zero-order valence-corrected chi connectivity index (χ0v) is 7.26. The Morgan fingerprint density at radius 1 is 1.36 bits per heavy atom. The minimum Gasteiger partial charge on any atom is -0.405 e. The fourth-order valence-electron chi connectivity index (χ4n) is 0.754. The Balaban J connectivity index is 4.79. The summed E-state index contributed by atoms with van der Waals surface area (Å²) < 4.78 is 0. The van der Waals surface area contributed by atoms with Crippen LogP contribution in [0.1, 0.15) is 13.8 Å². The van der Waals surface area contributed by atoms with Crippen molar-refractivity contribution in [1.29, 1.82) is 0 Å². The first-order valence-corrected chi connectivity index (χ1v) is 3.41. The zero-order chi connectivity index (χ0) is 8.85. The highest BCUT2D eigenvalue weighted by atomic mass is 14.7. The van der Waals surface area contributed by atoms with Crippen LogP contribution in [0.3, 0.4) is 0 Å². The SMILES string of the molecule is CN=C(C)C(/C=C\N)=C(C)N. The molecule has 0 heterocycles. The average molecular weight is 153 g/mol. The van der Waals surface area contributed by atoms with Crippen LogP contribution in [-0.2, 0) is 0 Å². The van der Waals surface area contributed by atoms with E-state index in [-0.39, 0.29) is 0 Å². The van der Waals surface area contributed by atoms with Crippen LogP contribution < -0.4 is 11.5 Å². The van der Waals surface area contributed by atoms with Crippen molar-refractivity contribution in [2.75, 3.05) is 7.05 Å². The molecule has 0 radical (unpaired) electrons. The Morgan fingerprint density at radius 2 is 1.91 bits per heavy atom. The first-order valence-electron chi connectivity index (χ1n) is 3.41. The molecule has 0 saturated heterocycles. The van der Waals surface area contributed by atoms with Crippen LogP contribution in [-0.4, -0.2) is 12.8 Å². The van der Waals surface area contributed by atoms with Crippen LogP contribution in [0.15, 0.2) is 28.5 Å². The van der Waals surface area contributed by atoms with Gasteiger partial charge < -0.3 is 11.5 Å². The monoisotopic (exact) mass is 153 g/mol. The van der Waals surface area contributed by atoms with E-state index in [2.05, 4.69) is 4.99 Å². The molecule has 4 N–H and O–H groups in total. The van der Waals surface area contributed by atoms with Gasteiger partial charge in [0.15, 0.2) is 0 Å². The van der Waals surface area contributed by atoms with Gasteiger partial charge in [0.1, 0.15) is 0 Å². The normalized spacial score (nSPS) is 15.4. The predicted octanol–water partition coefficient (Wildman–Crippen LogP) is 0.782. The molecule has 0 unspecified atom stereocenters. The first kappa shape index (κ1) is 9.75. The third kappa shape index (κ3) is 2.89. The van der Waals surface area contributed by atoms with E-state index in [0.717, 1.165) is 17.0 Å². The van der Waals surface area contributed by atoms with Gasteiger partial charge in [0.05, 0.1) is 0 Å². The molecule has 0 aromatic heterocycles. The molecule has 0 aromatic carbocycles. The summed E-state index contributed by atoms with van der Waals surface area (Å²) in [6.45, 7) is 3.72. The van der Waals surface area contributed by atoms with Crippen molar-refractivity contribution in [1.82, 2.24) is 0 Å². The van der Waals surface area contributed by atoms with Gasteiger partial charge in [0.2, 0.25) is 0 Å². The van der Waals surface area contributed by atoms with E-state index < -0.39 is 0 Å². The molecule has 0 aliphatic carbocycles. The van der Waals surface area contributed by atoms with Gasteiger partial charge in [-0.2, -0.15) is 0 Å². The Hall–Kier alpha value is -1.25. The summed E-state index contributed by atoms with van der Waals surface area (Å²) >= 11 is 0. The molecule has 3 heteroatoms. The number of nitrogens with zero attached hydrogens (tertiary/aromatic N) is 1. The Morgan fingerprint density at radius 3 is 2.18 bits per heavy atom. The number of nitrogens with two attached hydrogens (primary N) is 2. The zero-order valence-electron chi connectivity index (χ0n) is 7.26. The van der Waals surface area contributed by atoms with Crippen LogP contribution in [0.2, 0.25) is 0 Å². The summed E-state index contributed by atoms with van der Waals surface area (Å²) in [6, 6.07) is 0. The smallest absolute Gasteiger partial charge is 0.0403 e. The van der Waals surface area contributed by atoms with E-state index in [9.17, 15) is 0 Å². The molecule has 0 saturated carbocycles. The number of hydrogen-bond donors (Lipinski definition) is 2. The number of hydrogen-bond acceptors (Lipinski definition) is 3. The number of aliphatic imine (C=N–C) groups is 1. The van der Waals surface area contributed by atoms with Gasteiger partial charge >= 0.3 is 0 Å². The van der Waals surface area contributed by atoms with Crippen molar-refractivity contribution in [3.8, 4) is 0 Å². The fraction of sp³-hybridized carbons (Fsp3) is 0.375. The van der Waals surface area contributed by atoms with Gasteiger partial charge in [-0.25, -0.2) is 0 Å². The minimum atomic E-state index is 0.731. The van der Waals surface area contributed by atoms with Gasteiger partial charge in [-0.15, -0.1) is 0 Å². The van der Waals surface area contributed by atoms with Gasteiger partial charge in [-0.05, 0) is 26.1 Å². The summed E-state index contributed by atoms with van der Waals surface area (Å²) in [5.41, 5.74) is 13.4. The molecule has 11 heavy (non-hydrogen) atoms. The highest BCUT2D eigenvalue weighted by Crippen LogP contribution is 2.02. The van der Waals surface area contributed by atoms with E-state index in [4.69, 9.17) is 11.5 Å². The van der Waals surface area contributed by atoms with Crippen LogP contribution in [0.5, 0.6) is 0 Å². The van der Waals surface area contributed by atoms with Crippen LogP contribution >= 0.6 is 0 Å². The van der Waals surface area contributed by atoms with Crippen molar-refractivity contribution in [2.24, 2.45) is 16.5 Å². The number of rotatable bonds is 2. The van der Waals surface area contributed by atoms with E-state index in [1.165, 1.54) is 6.20 Å². The lowest BCUT2D eigenvalue weighted by Crippen LogP contribution is -2.04. The first-order chi connectivity index (χ1) is 5.13. The quantitative estimate of drug-likeness (QED) is 0.455. The highest BCUT2D eigenvalue weighted by molar-refractivity contribution is 6.01. The molecule has 0 aliphatic heterocycles. The van der Waals surface area contributed by atoms with Crippen molar-refractivity contribution < 1.29 is 0 Å². The molecule has 0 atom stereocenters. The maximum atomic E-state index is 5.59. The molecule has 0 bridgehead atoms. The molecule has 0 rings (SSSR count).